The highest BCUT2D eigenvalue weighted by Gasteiger charge is 2.52. The molecule has 0 bridgehead atoms. The number of hydrogen-bond acceptors (Lipinski definition) is 3. The van der Waals surface area contributed by atoms with Gasteiger partial charge in [-0.05, 0) is 26.7 Å². The maximum atomic E-state index is 11.1. The molecule has 0 aromatic rings. The number of carboxylic acid groups (broad SMARTS) is 1. The molecule has 0 atom stereocenters. The van der Waals surface area contributed by atoms with Crippen LogP contribution >= 0.6 is 0 Å². The lowest BCUT2D eigenvalue weighted by molar-refractivity contribution is -0.155. The standard InChI is InChI=1S/C9H14O4/c1-6(2)13-7(10)5-9(3-4-9)8(11)12/h6H,3-5H2,1-2H3,(H,11,12). The number of carboxylic acids is 1. The van der Waals surface area contributed by atoms with Gasteiger partial charge in [0.15, 0.2) is 0 Å². The molecule has 13 heavy (non-hydrogen) atoms. The molecular formula is C9H14O4. The fourth-order valence-electron chi connectivity index (χ4n) is 1.20. The van der Waals surface area contributed by atoms with E-state index in [1.54, 1.807) is 13.8 Å². The zero-order valence-corrected chi connectivity index (χ0v) is 7.87. The summed E-state index contributed by atoms with van der Waals surface area (Å²) in [5.41, 5.74) is -0.800. The van der Waals surface area contributed by atoms with Gasteiger partial charge in [-0.15, -0.1) is 0 Å². The van der Waals surface area contributed by atoms with Crippen molar-refractivity contribution in [3.05, 3.63) is 0 Å². The van der Waals surface area contributed by atoms with Crippen LogP contribution in [0.1, 0.15) is 33.1 Å². The monoisotopic (exact) mass is 186 g/mol. The maximum Gasteiger partial charge on any atom is 0.310 e. The summed E-state index contributed by atoms with van der Waals surface area (Å²) in [5, 5.41) is 8.78. The number of carbonyl (C=O) groups is 2. The molecule has 1 aliphatic carbocycles. The molecule has 0 saturated heterocycles. The van der Waals surface area contributed by atoms with Crippen molar-refractivity contribution in [1.29, 1.82) is 0 Å². The molecule has 0 spiro atoms. The van der Waals surface area contributed by atoms with E-state index in [4.69, 9.17) is 9.84 Å². The van der Waals surface area contributed by atoms with Gasteiger partial charge in [-0.3, -0.25) is 9.59 Å². The summed E-state index contributed by atoms with van der Waals surface area (Å²) in [6, 6.07) is 0. The Labute approximate surface area is 76.9 Å². The van der Waals surface area contributed by atoms with Crippen LogP contribution < -0.4 is 0 Å². The second-order valence-corrected chi connectivity index (χ2v) is 3.80. The van der Waals surface area contributed by atoms with E-state index in [1.165, 1.54) is 0 Å². The molecule has 1 saturated carbocycles. The van der Waals surface area contributed by atoms with Crippen LogP contribution in [0.25, 0.3) is 0 Å². The van der Waals surface area contributed by atoms with Crippen LogP contribution in [0.3, 0.4) is 0 Å². The molecule has 4 nitrogen and oxygen atoms in total. The van der Waals surface area contributed by atoms with Crippen LogP contribution in [0.4, 0.5) is 0 Å². The van der Waals surface area contributed by atoms with Crippen molar-refractivity contribution in [2.75, 3.05) is 0 Å². The van der Waals surface area contributed by atoms with Crippen LogP contribution in [0.2, 0.25) is 0 Å². The van der Waals surface area contributed by atoms with Crippen LogP contribution in [-0.2, 0) is 14.3 Å². The minimum atomic E-state index is -0.881. The summed E-state index contributed by atoms with van der Waals surface area (Å²) in [7, 11) is 0. The molecule has 0 unspecified atom stereocenters. The molecule has 0 aromatic heterocycles. The van der Waals surface area contributed by atoms with Gasteiger partial charge in [0, 0.05) is 0 Å². The topological polar surface area (TPSA) is 63.6 Å². The normalized spacial score (nSPS) is 18.4. The van der Waals surface area contributed by atoms with Gasteiger partial charge in [-0.25, -0.2) is 0 Å². The van der Waals surface area contributed by atoms with Gasteiger partial charge in [0.25, 0.3) is 0 Å². The lowest BCUT2D eigenvalue weighted by atomic mass is 10.0. The Hall–Kier alpha value is -1.06. The minimum absolute atomic E-state index is 0.0144. The van der Waals surface area contributed by atoms with Gasteiger partial charge in [0.1, 0.15) is 0 Å². The molecule has 1 N–H and O–H groups in total. The van der Waals surface area contributed by atoms with Gasteiger partial charge in [0.05, 0.1) is 17.9 Å². The van der Waals surface area contributed by atoms with Crippen LogP contribution in [0.15, 0.2) is 0 Å². The highest BCUT2D eigenvalue weighted by atomic mass is 16.5. The molecule has 1 fully saturated rings. The number of rotatable bonds is 4. The molecule has 0 radical (unpaired) electrons. The summed E-state index contributed by atoms with van der Waals surface area (Å²) in [6.07, 6.45) is 1.03. The smallest absolute Gasteiger partial charge is 0.310 e. The number of aliphatic carboxylic acids is 1. The Morgan fingerprint density at radius 2 is 2.00 bits per heavy atom. The third kappa shape index (κ3) is 2.44. The molecule has 1 aliphatic rings. The SMILES string of the molecule is CC(C)OC(=O)CC1(C(=O)O)CC1. The molecule has 0 amide bonds. The van der Waals surface area contributed by atoms with Crippen molar-refractivity contribution in [3.63, 3.8) is 0 Å². The average molecular weight is 186 g/mol. The molecule has 74 valence electrons. The quantitative estimate of drug-likeness (QED) is 0.670. The van der Waals surface area contributed by atoms with E-state index in [0.717, 1.165) is 0 Å². The zero-order chi connectivity index (χ0) is 10.1. The third-order valence-electron chi connectivity index (χ3n) is 2.16. The van der Waals surface area contributed by atoms with Gasteiger partial charge < -0.3 is 9.84 Å². The van der Waals surface area contributed by atoms with Gasteiger partial charge in [-0.2, -0.15) is 0 Å². The number of esters is 1. The summed E-state index contributed by atoms with van der Waals surface area (Å²) in [5.74, 6) is -1.29. The van der Waals surface area contributed by atoms with Crippen molar-refractivity contribution in [2.45, 2.75) is 39.2 Å². The zero-order valence-electron chi connectivity index (χ0n) is 7.87. The van der Waals surface area contributed by atoms with Crippen molar-refractivity contribution in [3.8, 4) is 0 Å². The van der Waals surface area contributed by atoms with E-state index in [-0.39, 0.29) is 12.5 Å². The second-order valence-electron chi connectivity index (χ2n) is 3.80. The van der Waals surface area contributed by atoms with Crippen molar-refractivity contribution < 1.29 is 19.4 Å². The van der Waals surface area contributed by atoms with Crippen LogP contribution in [-0.4, -0.2) is 23.1 Å². The van der Waals surface area contributed by atoms with Crippen LogP contribution in [0.5, 0.6) is 0 Å². The maximum absolute atomic E-state index is 11.1. The fraction of sp³-hybridized carbons (Fsp3) is 0.778. The molecule has 0 heterocycles. The molecule has 0 aromatic carbocycles. The fourth-order valence-corrected chi connectivity index (χ4v) is 1.20. The summed E-state index contributed by atoms with van der Waals surface area (Å²) in [6.45, 7) is 3.50. The number of carbonyl (C=O) groups excluding carboxylic acids is 1. The predicted octanol–water partition coefficient (Wildman–Crippen LogP) is 1.19. The van der Waals surface area contributed by atoms with Crippen molar-refractivity contribution in [2.24, 2.45) is 5.41 Å². The van der Waals surface area contributed by atoms with Crippen LogP contribution in [0, 0.1) is 5.41 Å². The van der Waals surface area contributed by atoms with Gasteiger partial charge >= 0.3 is 11.9 Å². The predicted molar refractivity (Wildman–Crippen MR) is 45.1 cm³/mol. The Balaban J connectivity index is 2.40. The van der Waals surface area contributed by atoms with E-state index < -0.39 is 17.4 Å². The van der Waals surface area contributed by atoms with Gasteiger partial charge in [-0.1, -0.05) is 0 Å². The first kappa shape index (κ1) is 10.0. The second kappa shape index (κ2) is 3.36. The summed E-state index contributed by atoms with van der Waals surface area (Å²) < 4.78 is 4.87. The van der Waals surface area contributed by atoms with E-state index >= 15 is 0 Å². The molecule has 0 aliphatic heterocycles. The average Bonchev–Trinajstić information content (AvgIpc) is 2.66. The largest absolute Gasteiger partial charge is 0.481 e. The molecule has 4 heteroatoms. The first-order chi connectivity index (χ1) is 5.96. The van der Waals surface area contributed by atoms with Crippen molar-refractivity contribution >= 4 is 11.9 Å². The first-order valence-corrected chi connectivity index (χ1v) is 4.39. The lowest BCUT2D eigenvalue weighted by Crippen LogP contribution is -2.22. The summed E-state index contributed by atoms with van der Waals surface area (Å²) >= 11 is 0. The highest BCUT2D eigenvalue weighted by Crippen LogP contribution is 2.49. The third-order valence-corrected chi connectivity index (χ3v) is 2.16. The Bertz CT molecular complexity index is 228. The Morgan fingerprint density at radius 1 is 1.46 bits per heavy atom. The number of ether oxygens (including phenoxy) is 1. The molecular weight excluding hydrogens is 172 g/mol. The Kier molecular flexibility index (Phi) is 2.59. The van der Waals surface area contributed by atoms with Crippen molar-refractivity contribution in [1.82, 2.24) is 0 Å². The van der Waals surface area contributed by atoms with Gasteiger partial charge in [0.2, 0.25) is 0 Å². The first-order valence-electron chi connectivity index (χ1n) is 4.39. The van der Waals surface area contributed by atoms with E-state index in [9.17, 15) is 9.59 Å². The highest BCUT2D eigenvalue weighted by molar-refractivity contribution is 5.84. The minimum Gasteiger partial charge on any atom is -0.481 e. The Morgan fingerprint density at radius 3 is 2.31 bits per heavy atom. The summed E-state index contributed by atoms with van der Waals surface area (Å²) in [4.78, 5) is 21.8. The van der Waals surface area contributed by atoms with E-state index in [0.29, 0.717) is 12.8 Å². The van der Waals surface area contributed by atoms with E-state index in [2.05, 4.69) is 0 Å². The molecule has 1 rings (SSSR count). The van der Waals surface area contributed by atoms with E-state index in [1.807, 2.05) is 0 Å². The number of hydrogen-bond donors (Lipinski definition) is 1. The lowest BCUT2D eigenvalue weighted by Gasteiger charge is -2.11.